The van der Waals surface area contributed by atoms with Gasteiger partial charge in [0.15, 0.2) is 0 Å². The fraction of sp³-hybridized carbons (Fsp3) is 0.481. The minimum absolute atomic E-state index is 0.0528. The van der Waals surface area contributed by atoms with Gasteiger partial charge in [-0.15, -0.1) is 0 Å². The monoisotopic (exact) mass is 451 g/mol. The van der Waals surface area contributed by atoms with Crippen LogP contribution in [0.25, 0.3) is 0 Å². The molecule has 0 saturated carbocycles. The molecule has 2 aromatic rings. The molecule has 1 heterocycles. The maximum Gasteiger partial charge on any atom is 0.237 e. The van der Waals surface area contributed by atoms with E-state index >= 15 is 0 Å². The average molecular weight is 452 g/mol. The Labute approximate surface area is 197 Å². The number of nitrogens with zero attached hydrogens (tertiary/aromatic N) is 2. The standard InChI is InChI=1S/C27H37N3O3/c1-21(24-8-5-4-6-9-24)20-28-27(32)22(2)29-16-7-17-30(19-18-29)26(31)15-12-23-10-13-25(33-3)14-11-23/h4-6,8-11,13-14,21-22H,7,12,15-20H2,1-3H3,(H,28,32). The predicted molar refractivity (Wildman–Crippen MR) is 131 cm³/mol. The number of aryl methyl sites for hydroxylation is 1. The number of rotatable bonds is 9. The maximum atomic E-state index is 12.8. The van der Waals surface area contributed by atoms with Crippen LogP contribution in [0.15, 0.2) is 54.6 Å². The van der Waals surface area contributed by atoms with Crippen molar-refractivity contribution in [3.63, 3.8) is 0 Å². The average Bonchev–Trinajstić information content (AvgIpc) is 3.12. The number of carbonyl (C=O) groups is 2. The van der Waals surface area contributed by atoms with Crippen molar-refractivity contribution < 1.29 is 14.3 Å². The van der Waals surface area contributed by atoms with Crippen LogP contribution in [0.4, 0.5) is 0 Å². The Bertz CT molecular complexity index is 885. The number of benzene rings is 2. The van der Waals surface area contributed by atoms with Gasteiger partial charge >= 0.3 is 0 Å². The van der Waals surface area contributed by atoms with Gasteiger partial charge in [0.2, 0.25) is 11.8 Å². The zero-order valence-corrected chi connectivity index (χ0v) is 20.1. The van der Waals surface area contributed by atoms with E-state index in [1.807, 2.05) is 54.3 Å². The molecule has 0 bridgehead atoms. The molecule has 0 spiro atoms. The van der Waals surface area contributed by atoms with Crippen LogP contribution >= 0.6 is 0 Å². The van der Waals surface area contributed by atoms with Gasteiger partial charge in [-0.25, -0.2) is 0 Å². The highest BCUT2D eigenvalue weighted by molar-refractivity contribution is 5.81. The van der Waals surface area contributed by atoms with Gasteiger partial charge in [0, 0.05) is 39.1 Å². The lowest BCUT2D eigenvalue weighted by atomic mass is 10.0. The zero-order valence-electron chi connectivity index (χ0n) is 20.1. The Morgan fingerprint density at radius 2 is 1.70 bits per heavy atom. The van der Waals surface area contributed by atoms with Crippen molar-refractivity contribution in [3.05, 3.63) is 65.7 Å². The molecular weight excluding hydrogens is 414 g/mol. The smallest absolute Gasteiger partial charge is 0.237 e. The Morgan fingerprint density at radius 1 is 0.970 bits per heavy atom. The lowest BCUT2D eigenvalue weighted by Gasteiger charge is -2.27. The third-order valence-corrected chi connectivity index (χ3v) is 6.55. The van der Waals surface area contributed by atoms with Crippen LogP contribution in [0.1, 0.15) is 43.7 Å². The minimum atomic E-state index is -0.206. The molecule has 3 rings (SSSR count). The van der Waals surface area contributed by atoms with Crippen LogP contribution < -0.4 is 10.1 Å². The van der Waals surface area contributed by atoms with Crippen molar-refractivity contribution >= 4 is 11.8 Å². The molecule has 178 valence electrons. The molecule has 2 amide bonds. The molecule has 33 heavy (non-hydrogen) atoms. The molecule has 1 N–H and O–H groups in total. The Morgan fingerprint density at radius 3 is 2.39 bits per heavy atom. The zero-order chi connectivity index (χ0) is 23.6. The third-order valence-electron chi connectivity index (χ3n) is 6.55. The van der Waals surface area contributed by atoms with Gasteiger partial charge < -0.3 is 15.0 Å². The molecule has 1 aliphatic rings. The second-order valence-corrected chi connectivity index (χ2v) is 8.85. The molecule has 0 aliphatic carbocycles. The van der Waals surface area contributed by atoms with Crippen LogP contribution in [0.2, 0.25) is 0 Å². The van der Waals surface area contributed by atoms with Crippen molar-refractivity contribution in [2.75, 3.05) is 39.8 Å². The number of amides is 2. The molecule has 6 nitrogen and oxygen atoms in total. The topological polar surface area (TPSA) is 61.9 Å². The quantitative estimate of drug-likeness (QED) is 0.634. The first-order valence-corrected chi connectivity index (χ1v) is 12.0. The largest absolute Gasteiger partial charge is 0.497 e. The van der Waals surface area contributed by atoms with Crippen LogP contribution in [0.5, 0.6) is 5.75 Å². The molecular formula is C27H37N3O3. The summed E-state index contributed by atoms with van der Waals surface area (Å²) in [7, 11) is 1.65. The first-order chi connectivity index (χ1) is 16.0. The van der Waals surface area contributed by atoms with Crippen molar-refractivity contribution in [1.82, 2.24) is 15.1 Å². The molecule has 1 saturated heterocycles. The number of nitrogens with one attached hydrogen (secondary N) is 1. The molecule has 2 unspecified atom stereocenters. The Kier molecular flexibility index (Phi) is 9.31. The second-order valence-electron chi connectivity index (χ2n) is 8.85. The summed E-state index contributed by atoms with van der Waals surface area (Å²) in [6.45, 7) is 7.67. The van der Waals surface area contributed by atoms with E-state index in [0.29, 0.717) is 19.5 Å². The highest BCUT2D eigenvalue weighted by atomic mass is 16.5. The fourth-order valence-corrected chi connectivity index (χ4v) is 4.24. The van der Waals surface area contributed by atoms with E-state index in [2.05, 4.69) is 29.3 Å². The first kappa shape index (κ1) is 24.8. The van der Waals surface area contributed by atoms with E-state index in [1.54, 1.807) is 7.11 Å². The Hall–Kier alpha value is -2.86. The van der Waals surface area contributed by atoms with E-state index in [-0.39, 0.29) is 23.8 Å². The molecule has 2 atom stereocenters. The first-order valence-electron chi connectivity index (χ1n) is 12.0. The lowest BCUT2D eigenvalue weighted by molar-refractivity contribution is -0.131. The predicted octanol–water partition coefficient (Wildman–Crippen LogP) is 3.47. The molecule has 2 aromatic carbocycles. The van der Waals surface area contributed by atoms with Gasteiger partial charge in [0.1, 0.15) is 5.75 Å². The lowest BCUT2D eigenvalue weighted by Crippen LogP contribution is -2.47. The highest BCUT2D eigenvalue weighted by Crippen LogP contribution is 2.15. The number of ether oxygens (including phenoxy) is 1. The molecule has 0 aromatic heterocycles. The molecule has 0 radical (unpaired) electrons. The summed E-state index contributed by atoms with van der Waals surface area (Å²) < 4.78 is 5.19. The van der Waals surface area contributed by atoms with E-state index < -0.39 is 0 Å². The molecule has 6 heteroatoms. The van der Waals surface area contributed by atoms with Crippen molar-refractivity contribution in [1.29, 1.82) is 0 Å². The van der Waals surface area contributed by atoms with Crippen molar-refractivity contribution in [3.8, 4) is 5.75 Å². The van der Waals surface area contributed by atoms with Gasteiger partial charge in [-0.2, -0.15) is 0 Å². The van der Waals surface area contributed by atoms with E-state index in [4.69, 9.17) is 4.74 Å². The second kappa shape index (κ2) is 12.4. The SMILES string of the molecule is COc1ccc(CCC(=O)N2CCCN(C(C)C(=O)NCC(C)c3ccccc3)CC2)cc1. The van der Waals surface area contributed by atoms with Gasteiger partial charge in [0.05, 0.1) is 13.2 Å². The van der Waals surface area contributed by atoms with E-state index in [9.17, 15) is 9.59 Å². The number of hydrogen-bond acceptors (Lipinski definition) is 4. The van der Waals surface area contributed by atoms with Crippen LogP contribution in [0.3, 0.4) is 0 Å². The summed E-state index contributed by atoms with van der Waals surface area (Å²) in [5, 5.41) is 3.11. The van der Waals surface area contributed by atoms with Gasteiger partial charge in [-0.1, -0.05) is 49.4 Å². The normalized spacial score (nSPS) is 16.5. The number of carbonyl (C=O) groups excluding carboxylic acids is 2. The Balaban J connectivity index is 1.43. The summed E-state index contributed by atoms with van der Waals surface area (Å²) in [4.78, 5) is 29.7. The minimum Gasteiger partial charge on any atom is -0.497 e. The van der Waals surface area contributed by atoms with Gasteiger partial charge in [-0.05, 0) is 48.9 Å². The number of hydrogen-bond donors (Lipinski definition) is 1. The fourth-order valence-electron chi connectivity index (χ4n) is 4.24. The molecule has 1 fully saturated rings. The van der Waals surface area contributed by atoms with Crippen LogP contribution in [-0.4, -0.2) is 67.5 Å². The number of methoxy groups -OCH3 is 1. The molecule has 1 aliphatic heterocycles. The third kappa shape index (κ3) is 7.32. The summed E-state index contributed by atoms with van der Waals surface area (Å²) in [5.74, 6) is 1.33. The van der Waals surface area contributed by atoms with Gasteiger partial charge in [0.25, 0.3) is 0 Å². The maximum absolute atomic E-state index is 12.8. The van der Waals surface area contributed by atoms with Gasteiger partial charge in [-0.3, -0.25) is 14.5 Å². The van der Waals surface area contributed by atoms with E-state index in [1.165, 1.54) is 5.56 Å². The van der Waals surface area contributed by atoms with E-state index in [0.717, 1.165) is 43.8 Å². The summed E-state index contributed by atoms with van der Waals surface area (Å²) in [5.41, 5.74) is 2.36. The highest BCUT2D eigenvalue weighted by Gasteiger charge is 2.25. The summed E-state index contributed by atoms with van der Waals surface area (Å²) in [6.07, 6.45) is 2.10. The van der Waals surface area contributed by atoms with Crippen LogP contribution in [-0.2, 0) is 16.0 Å². The summed E-state index contributed by atoms with van der Waals surface area (Å²) >= 11 is 0. The summed E-state index contributed by atoms with van der Waals surface area (Å²) in [6, 6.07) is 17.9. The van der Waals surface area contributed by atoms with Crippen molar-refractivity contribution in [2.24, 2.45) is 0 Å². The van der Waals surface area contributed by atoms with Crippen LogP contribution in [0, 0.1) is 0 Å². The van der Waals surface area contributed by atoms with Crippen molar-refractivity contribution in [2.45, 2.75) is 45.1 Å².